The largest absolute Gasteiger partial charge is 0.345 e. The van der Waals surface area contributed by atoms with Gasteiger partial charge in [0, 0.05) is 13.2 Å². The van der Waals surface area contributed by atoms with E-state index in [0.29, 0.717) is 11.4 Å². The van der Waals surface area contributed by atoms with Crippen molar-refractivity contribution >= 4 is 5.91 Å². The molecule has 0 spiro atoms. The number of halogens is 1. The molecule has 0 radical (unpaired) electrons. The Kier molecular flexibility index (Phi) is 3.08. The molecule has 0 atom stereocenters. The number of rotatable bonds is 3. The lowest BCUT2D eigenvalue weighted by Gasteiger charge is -2.01. The molecule has 0 fully saturated rings. The van der Waals surface area contributed by atoms with Crippen LogP contribution in [0.2, 0.25) is 0 Å². The number of hydrogen-bond acceptors (Lipinski definition) is 4. The molecule has 0 aromatic carbocycles. The van der Waals surface area contributed by atoms with Crippen LogP contribution in [0.15, 0.2) is 24.7 Å². The predicted octanol–water partition coefficient (Wildman–Crippen LogP) is 0.279. The van der Waals surface area contributed by atoms with Gasteiger partial charge in [-0.3, -0.25) is 9.48 Å². The number of nitrogens with zero attached hydrogens (tertiary/aromatic N) is 4. The number of aromatic nitrogens is 4. The first-order valence-electron chi connectivity index (χ1n) is 4.89. The molecule has 1 N–H and O–H groups in total. The Morgan fingerprint density at radius 2 is 2.29 bits per heavy atom. The number of amides is 1. The smallest absolute Gasteiger partial charge is 0.253 e. The number of nitrogens with one attached hydrogen (secondary N) is 1. The molecule has 0 saturated heterocycles. The zero-order chi connectivity index (χ0) is 12.3. The van der Waals surface area contributed by atoms with Crippen LogP contribution in [0.25, 0.3) is 0 Å². The maximum absolute atomic E-state index is 12.5. The second-order valence-electron chi connectivity index (χ2n) is 3.39. The molecule has 0 aliphatic rings. The van der Waals surface area contributed by atoms with E-state index in [1.165, 1.54) is 12.3 Å². The van der Waals surface area contributed by atoms with Gasteiger partial charge in [-0.15, -0.1) is 0 Å². The summed E-state index contributed by atoms with van der Waals surface area (Å²) in [7, 11) is 1.74. The fourth-order valence-electron chi connectivity index (χ4n) is 1.24. The number of pyridine rings is 1. The van der Waals surface area contributed by atoms with Gasteiger partial charge in [-0.05, 0) is 12.1 Å². The fraction of sp³-hybridized carbons (Fsp3) is 0.200. The van der Waals surface area contributed by atoms with Crippen LogP contribution in [-0.4, -0.2) is 25.7 Å². The minimum absolute atomic E-state index is 0.219. The highest BCUT2D eigenvalue weighted by Gasteiger charge is 2.07. The average molecular weight is 235 g/mol. The molecule has 0 aliphatic heterocycles. The SMILES string of the molecule is Cn1cnc(CNC(=O)c2ccc(F)nc2)n1. The van der Waals surface area contributed by atoms with Crippen molar-refractivity contribution in [2.45, 2.75) is 6.54 Å². The van der Waals surface area contributed by atoms with E-state index in [9.17, 15) is 9.18 Å². The van der Waals surface area contributed by atoms with Crippen LogP contribution in [0.1, 0.15) is 16.2 Å². The molecule has 88 valence electrons. The molecule has 2 aromatic heterocycles. The Morgan fingerprint density at radius 3 is 2.88 bits per heavy atom. The number of carbonyl (C=O) groups excluding carboxylic acids is 1. The van der Waals surface area contributed by atoms with E-state index in [1.807, 2.05) is 0 Å². The molecule has 0 unspecified atom stereocenters. The Labute approximate surface area is 96.5 Å². The third-order valence-electron chi connectivity index (χ3n) is 2.04. The summed E-state index contributed by atoms with van der Waals surface area (Å²) in [5.74, 6) is -0.450. The molecule has 2 rings (SSSR count). The first-order chi connectivity index (χ1) is 8.15. The third kappa shape index (κ3) is 2.83. The van der Waals surface area contributed by atoms with Gasteiger partial charge in [-0.2, -0.15) is 9.49 Å². The van der Waals surface area contributed by atoms with Crippen LogP contribution in [0.5, 0.6) is 0 Å². The molecule has 2 aromatic rings. The van der Waals surface area contributed by atoms with Crippen molar-refractivity contribution in [3.63, 3.8) is 0 Å². The van der Waals surface area contributed by atoms with E-state index in [1.54, 1.807) is 18.1 Å². The van der Waals surface area contributed by atoms with Crippen molar-refractivity contribution in [2.24, 2.45) is 7.05 Å². The third-order valence-corrected chi connectivity index (χ3v) is 2.04. The number of hydrogen-bond donors (Lipinski definition) is 1. The minimum atomic E-state index is -0.618. The quantitative estimate of drug-likeness (QED) is 0.775. The monoisotopic (exact) mass is 235 g/mol. The van der Waals surface area contributed by atoms with E-state index in [0.717, 1.165) is 6.07 Å². The normalized spacial score (nSPS) is 10.2. The van der Waals surface area contributed by atoms with Gasteiger partial charge in [0.15, 0.2) is 5.82 Å². The van der Waals surface area contributed by atoms with Crippen molar-refractivity contribution in [2.75, 3.05) is 0 Å². The predicted molar refractivity (Wildman–Crippen MR) is 56.4 cm³/mol. The van der Waals surface area contributed by atoms with Gasteiger partial charge < -0.3 is 5.32 Å². The van der Waals surface area contributed by atoms with Crippen molar-refractivity contribution in [1.82, 2.24) is 25.1 Å². The molecule has 0 bridgehead atoms. The van der Waals surface area contributed by atoms with Crippen molar-refractivity contribution < 1.29 is 9.18 Å². The van der Waals surface area contributed by atoms with Gasteiger partial charge in [0.25, 0.3) is 5.91 Å². The maximum Gasteiger partial charge on any atom is 0.253 e. The van der Waals surface area contributed by atoms with Crippen LogP contribution in [-0.2, 0) is 13.6 Å². The number of aryl methyl sites for hydroxylation is 1. The number of carbonyl (C=O) groups is 1. The van der Waals surface area contributed by atoms with E-state index in [4.69, 9.17) is 0 Å². The van der Waals surface area contributed by atoms with Gasteiger partial charge in [-0.1, -0.05) is 0 Å². The Morgan fingerprint density at radius 1 is 1.47 bits per heavy atom. The van der Waals surface area contributed by atoms with Gasteiger partial charge >= 0.3 is 0 Å². The van der Waals surface area contributed by atoms with Crippen molar-refractivity contribution in [1.29, 1.82) is 0 Å². The summed E-state index contributed by atoms with van der Waals surface area (Å²) in [6.07, 6.45) is 2.72. The molecule has 0 aliphatic carbocycles. The summed E-state index contributed by atoms with van der Waals surface area (Å²) >= 11 is 0. The molecule has 6 nitrogen and oxygen atoms in total. The Balaban J connectivity index is 1.95. The summed E-state index contributed by atoms with van der Waals surface area (Å²) in [6.45, 7) is 0.219. The van der Waals surface area contributed by atoms with Gasteiger partial charge in [-0.25, -0.2) is 9.97 Å². The molecule has 1 amide bonds. The van der Waals surface area contributed by atoms with Gasteiger partial charge in [0.05, 0.1) is 12.1 Å². The summed E-state index contributed by atoms with van der Waals surface area (Å²) in [6, 6.07) is 2.50. The zero-order valence-electron chi connectivity index (χ0n) is 9.09. The van der Waals surface area contributed by atoms with Crippen LogP contribution < -0.4 is 5.32 Å². The van der Waals surface area contributed by atoms with Crippen LogP contribution >= 0.6 is 0 Å². The molecule has 17 heavy (non-hydrogen) atoms. The highest BCUT2D eigenvalue weighted by atomic mass is 19.1. The first kappa shape index (κ1) is 11.2. The van der Waals surface area contributed by atoms with Crippen molar-refractivity contribution in [3.8, 4) is 0 Å². The Hall–Kier alpha value is -2.31. The van der Waals surface area contributed by atoms with E-state index >= 15 is 0 Å². The lowest BCUT2D eigenvalue weighted by Crippen LogP contribution is -2.23. The van der Waals surface area contributed by atoms with E-state index < -0.39 is 5.95 Å². The molecule has 7 heteroatoms. The standard InChI is InChI=1S/C10H10FN5O/c1-16-6-14-9(15-16)5-13-10(17)7-2-3-8(11)12-4-7/h2-4,6H,5H2,1H3,(H,13,17). The summed E-state index contributed by atoms with van der Waals surface area (Å²) in [4.78, 5) is 19.0. The summed E-state index contributed by atoms with van der Waals surface area (Å²) in [5.41, 5.74) is 0.294. The second-order valence-corrected chi connectivity index (χ2v) is 3.39. The van der Waals surface area contributed by atoms with Gasteiger partial charge in [0.1, 0.15) is 6.33 Å². The lowest BCUT2D eigenvalue weighted by molar-refractivity contribution is 0.0949. The highest BCUT2D eigenvalue weighted by Crippen LogP contribution is 1.99. The molecular formula is C10H10FN5O. The molecule has 2 heterocycles. The fourth-order valence-corrected chi connectivity index (χ4v) is 1.24. The van der Waals surface area contributed by atoms with Crippen LogP contribution in [0.3, 0.4) is 0 Å². The van der Waals surface area contributed by atoms with Crippen LogP contribution in [0, 0.1) is 5.95 Å². The van der Waals surface area contributed by atoms with Gasteiger partial charge in [0.2, 0.25) is 5.95 Å². The summed E-state index contributed by atoms with van der Waals surface area (Å²) < 4.78 is 14.1. The molecule has 0 saturated carbocycles. The minimum Gasteiger partial charge on any atom is -0.345 e. The maximum atomic E-state index is 12.5. The average Bonchev–Trinajstić information content (AvgIpc) is 2.73. The lowest BCUT2D eigenvalue weighted by atomic mass is 10.2. The van der Waals surface area contributed by atoms with Crippen molar-refractivity contribution in [3.05, 3.63) is 42.0 Å². The summed E-state index contributed by atoms with van der Waals surface area (Å²) in [5, 5.41) is 6.61. The first-order valence-corrected chi connectivity index (χ1v) is 4.89. The Bertz CT molecular complexity index is 522. The second kappa shape index (κ2) is 4.69. The molecular weight excluding hydrogens is 225 g/mol. The highest BCUT2D eigenvalue weighted by molar-refractivity contribution is 5.93. The van der Waals surface area contributed by atoms with Crippen LogP contribution in [0.4, 0.5) is 4.39 Å². The van der Waals surface area contributed by atoms with E-state index in [2.05, 4.69) is 20.4 Å². The topological polar surface area (TPSA) is 72.7 Å². The zero-order valence-corrected chi connectivity index (χ0v) is 9.09. The van der Waals surface area contributed by atoms with E-state index in [-0.39, 0.29) is 12.5 Å².